The van der Waals surface area contributed by atoms with Crippen molar-refractivity contribution in [1.29, 1.82) is 0 Å². The summed E-state index contributed by atoms with van der Waals surface area (Å²) >= 11 is 0. The number of hydrogen-bond donors (Lipinski definition) is 1. The smallest absolute Gasteiger partial charge is 0.326 e. The van der Waals surface area contributed by atoms with Crippen molar-refractivity contribution in [2.45, 2.75) is 32.7 Å². The Bertz CT molecular complexity index is 527. The number of ether oxygens (including phenoxy) is 1. The van der Waals surface area contributed by atoms with Crippen molar-refractivity contribution >= 4 is 11.9 Å². The van der Waals surface area contributed by atoms with Gasteiger partial charge in [-0.1, -0.05) is 6.07 Å². The van der Waals surface area contributed by atoms with E-state index in [0.29, 0.717) is 18.7 Å². The second-order valence-corrected chi connectivity index (χ2v) is 5.12. The van der Waals surface area contributed by atoms with E-state index in [9.17, 15) is 9.59 Å². The molecule has 1 N–H and O–H groups in total. The van der Waals surface area contributed by atoms with Gasteiger partial charge in [0.2, 0.25) is 0 Å². The summed E-state index contributed by atoms with van der Waals surface area (Å²) in [6, 6.07) is 4.92. The summed E-state index contributed by atoms with van der Waals surface area (Å²) in [5.41, 5.74) is 2.26. The maximum absolute atomic E-state index is 12.0. The zero-order chi connectivity index (χ0) is 14.7. The lowest BCUT2D eigenvalue weighted by molar-refractivity contribution is -0.148. The van der Waals surface area contributed by atoms with Crippen LogP contribution in [0.15, 0.2) is 18.2 Å². The van der Waals surface area contributed by atoms with Crippen LogP contribution in [0.2, 0.25) is 0 Å². The number of aryl methyl sites for hydroxylation is 2. The molecule has 1 atom stereocenters. The number of nitrogens with zero attached hydrogens (tertiary/aromatic N) is 1. The fourth-order valence-electron chi connectivity index (χ4n) is 2.35. The van der Waals surface area contributed by atoms with Gasteiger partial charge < -0.3 is 14.7 Å². The lowest BCUT2D eigenvalue weighted by atomic mass is 10.1. The van der Waals surface area contributed by atoms with E-state index < -0.39 is 12.0 Å². The van der Waals surface area contributed by atoms with Crippen LogP contribution >= 0.6 is 0 Å². The maximum Gasteiger partial charge on any atom is 0.326 e. The Morgan fingerprint density at radius 1 is 1.35 bits per heavy atom. The first-order chi connectivity index (χ1) is 9.49. The van der Waals surface area contributed by atoms with Gasteiger partial charge in [-0.15, -0.1) is 0 Å². The van der Waals surface area contributed by atoms with E-state index in [2.05, 4.69) is 0 Å². The summed E-state index contributed by atoms with van der Waals surface area (Å²) < 4.78 is 5.46. The molecule has 0 bridgehead atoms. The van der Waals surface area contributed by atoms with Crippen LogP contribution in [0, 0.1) is 13.8 Å². The van der Waals surface area contributed by atoms with Crippen molar-refractivity contribution in [2.75, 3.05) is 13.2 Å². The molecule has 0 aromatic heterocycles. The van der Waals surface area contributed by atoms with E-state index in [1.807, 2.05) is 32.0 Å². The molecule has 1 aliphatic heterocycles. The Balaban J connectivity index is 1.94. The van der Waals surface area contributed by atoms with E-state index in [1.54, 1.807) is 0 Å². The molecule has 1 aromatic carbocycles. The van der Waals surface area contributed by atoms with Crippen LogP contribution in [0.4, 0.5) is 0 Å². The van der Waals surface area contributed by atoms with Crippen molar-refractivity contribution in [1.82, 2.24) is 4.90 Å². The van der Waals surface area contributed by atoms with E-state index in [0.717, 1.165) is 17.5 Å². The highest BCUT2D eigenvalue weighted by Gasteiger charge is 2.33. The van der Waals surface area contributed by atoms with Gasteiger partial charge in [-0.05, 0) is 49.9 Å². The Morgan fingerprint density at radius 3 is 2.75 bits per heavy atom. The highest BCUT2D eigenvalue weighted by Crippen LogP contribution is 2.19. The van der Waals surface area contributed by atoms with Crippen LogP contribution in [0.25, 0.3) is 0 Å². The lowest BCUT2D eigenvalue weighted by Gasteiger charge is -2.21. The SMILES string of the molecule is Cc1ccc(OCC(=O)N2CCC[C@@H]2C(=O)O)cc1C. The van der Waals surface area contributed by atoms with Gasteiger partial charge >= 0.3 is 5.97 Å². The van der Waals surface area contributed by atoms with E-state index in [4.69, 9.17) is 9.84 Å². The third-order valence-corrected chi connectivity index (χ3v) is 3.70. The summed E-state index contributed by atoms with van der Waals surface area (Å²) in [7, 11) is 0. The van der Waals surface area contributed by atoms with Gasteiger partial charge in [0.05, 0.1) is 0 Å². The number of carbonyl (C=O) groups is 2. The van der Waals surface area contributed by atoms with Crippen molar-refractivity contribution in [3.8, 4) is 5.75 Å². The standard InChI is InChI=1S/C15H19NO4/c1-10-5-6-12(8-11(10)2)20-9-14(17)16-7-3-4-13(16)15(18)19/h5-6,8,13H,3-4,7,9H2,1-2H3,(H,18,19)/t13-/m1/s1. The number of carboxylic acids is 1. The average Bonchev–Trinajstić information content (AvgIpc) is 2.89. The van der Waals surface area contributed by atoms with E-state index in [1.165, 1.54) is 4.90 Å². The van der Waals surface area contributed by atoms with E-state index >= 15 is 0 Å². The van der Waals surface area contributed by atoms with Gasteiger partial charge in [-0.3, -0.25) is 4.79 Å². The number of hydrogen-bond acceptors (Lipinski definition) is 3. The van der Waals surface area contributed by atoms with Crippen LogP contribution in [0.1, 0.15) is 24.0 Å². The second kappa shape index (κ2) is 5.94. The molecule has 5 nitrogen and oxygen atoms in total. The highest BCUT2D eigenvalue weighted by atomic mass is 16.5. The van der Waals surface area contributed by atoms with Gasteiger partial charge in [0.1, 0.15) is 11.8 Å². The molecule has 20 heavy (non-hydrogen) atoms. The number of carbonyl (C=O) groups excluding carboxylic acids is 1. The Kier molecular flexibility index (Phi) is 4.27. The topological polar surface area (TPSA) is 66.8 Å². The number of carboxylic acid groups (broad SMARTS) is 1. The minimum Gasteiger partial charge on any atom is -0.484 e. The highest BCUT2D eigenvalue weighted by molar-refractivity contribution is 5.85. The predicted octanol–water partition coefficient (Wildman–Crippen LogP) is 1.76. The lowest BCUT2D eigenvalue weighted by Crippen LogP contribution is -2.42. The molecule has 0 unspecified atom stereocenters. The van der Waals surface area contributed by atoms with Crippen molar-refractivity contribution in [3.63, 3.8) is 0 Å². The summed E-state index contributed by atoms with van der Waals surface area (Å²) in [5, 5.41) is 9.05. The van der Waals surface area contributed by atoms with Gasteiger partial charge in [-0.2, -0.15) is 0 Å². The van der Waals surface area contributed by atoms with Gasteiger partial charge in [0.25, 0.3) is 5.91 Å². The van der Waals surface area contributed by atoms with Crippen molar-refractivity contribution in [3.05, 3.63) is 29.3 Å². The quantitative estimate of drug-likeness (QED) is 0.910. The maximum atomic E-state index is 12.0. The van der Waals surface area contributed by atoms with Gasteiger partial charge in [-0.25, -0.2) is 4.79 Å². The van der Waals surface area contributed by atoms with Crippen LogP contribution in [-0.2, 0) is 9.59 Å². The van der Waals surface area contributed by atoms with Crippen molar-refractivity contribution < 1.29 is 19.4 Å². The Morgan fingerprint density at radius 2 is 2.10 bits per heavy atom. The molecule has 1 aromatic rings. The predicted molar refractivity (Wildman–Crippen MR) is 73.8 cm³/mol. The zero-order valence-corrected chi connectivity index (χ0v) is 11.8. The summed E-state index contributed by atoms with van der Waals surface area (Å²) in [4.78, 5) is 24.5. The molecule has 108 valence electrons. The van der Waals surface area contributed by atoms with Crippen LogP contribution < -0.4 is 4.74 Å². The molecule has 2 rings (SSSR count). The second-order valence-electron chi connectivity index (χ2n) is 5.12. The molecule has 0 radical (unpaired) electrons. The molecule has 5 heteroatoms. The monoisotopic (exact) mass is 277 g/mol. The minimum absolute atomic E-state index is 0.119. The number of likely N-dealkylation sites (tertiary alicyclic amines) is 1. The first-order valence-corrected chi connectivity index (χ1v) is 6.71. The number of aliphatic carboxylic acids is 1. The minimum atomic E-state index is -0.943. The third-order valence-electron chi connectivity index (χ3n) is 3.70. The molecule has 1 fully saturated rings. The van der Waals surface area contributed by atoms with Crippen LogP contribution in [-0.4, -0.2) is 41.1 Å². The number of amides is 1. The molecular formula is C15H19NO4. The first kappa shape index (κ1) is 14.4. The molecule has 0 spiro atoms. The number of rotatable bonds is 4. The molecule has 0 aliphatic carbocycles. The molecule has 0 saturated carbocycles. The average molecular weight is 277 g/mol. The van der Waals surface area contributed by atoms with E-state index in [-0.39, 0.29) is 12.5 Å². The Labute approximate surface area is 118 Å². The van der Waals surface area contributed by atoms with Crippen LogP contribution in [0.5, 0.6) is 5.75 Å². The number of benzene rings is 1. The van der Waals surface area contributed by atoms with Gasteiger partial charge in [0.15, 0.2) is 6.61 Å². The first-order valence-electron chi connectivity index (χ1n) is 6.71. The Hall–Kier alpha value is -2.04. The fraction of sp³-hybridized carbons (Fsp3) is 0.467. The van der Waals surface area contributed by atoms with Gasteiger partial charge in [0, 0.05) is 6.54 Å². The van der Waals surface area contributed by atoms with Crippen molar-refractivity contribution in [2.24, 2.45) is 0 Å². The summed E-state index contributed by atoms with van der Waals surface area (Å²) in [6.07, 6.45) is 1.25. The molecule has 1 amide bonds. The summed E-state index contributed by atoms with van der Waals surface area (Å²) in [5.74, 6) is -0.581. The largest absolute Gasteiger partial charge is 0.484 e. The zero-order valence-electron chi connectivity index (χ0n) is 11.8. The molecule has 1 saturated heterocycles. The molecule has 1 aliphatic rings. The normalized spacial score (nSPS) is 18.1. The summed E-state index contributed by atoms with van der Waals surface area (Å²) in [6.45, 7) is 4.36. The molecule has 1 heterocycles. The molecular weight excluding hydrogens is 258 g/mol. The fourth-order valence-corrected chi connectivity index (χ4v) is 2.35. The van der Waals surface area contributed by atoms with Crippen LogP contribution in [0.3, 0.4) is 0 Å². The third kappa shape index (κ3) is 3.10.